The second-order valence-electron chi connectivity index (χ2n) is 3.63. The lowest BCUT2D eigenvalue weighted by atomic mass is 10.3. The average molecular weight is 247 g/mol. The van der Waals surface area contributed by atoms with E-state index < -0.39 is 0 Å². The topological polar surface area (TPSA) is 66.0 Å². The van der Waals surface area contributed by atoms with Gasteiger partial charge in [-0.3, -0.25) is 0 Å². The van der Waals surface area contributed by atoms with Crippen LogP contribution >= 0.6 is 0 Å². The van der Waals surface area contributed by atoms with E-state index in [4.69, 9.17) is 18.9 Å². The number of carbonyl (C=O) groups is 1. The fourth-order valence-corrected chi connectivity index (χ4v) is 1.42. The molecule has 0 saturated carbocycles. The van der Waals surface area contributed by atoms with E-state index in [1.807, 2.05) is 0 Å². The van der Waals surface area contributed by atoms with Crippen molar-refractivity contribution in [3.8, 4) is 0 Å². The Morgan fingerprint density at radius 1 is 1.47 bits per heavy atom. The van der Waals surface area contributed by atoms with Crippen LogP contribution in [0.2, 0.25) is 0 Å². The SMILES string of the molecule is CCOC(=O)COCCNCC1COCCO1. The Kier molecular flexibility index (Phi) is 7.91. The molecule has 0 aliphatic carbocycles. The van der Waals surface area contributed by atoms with Gasteiger partial charge in [0.2, 0.25) is 0 Å². The van der Waals surface area contributed by atoms with Gasteiger partial charge in [-0.25, -0.2) is 4.79 Å². The molecule has 1 aliphatic heterocycles. The molecule has 1 atom stereocenters. The smallest absolute Gasteiger partial charge is 0.332 e. The molecule has 1 saturated heterocycles. The summed E-state index contributed by atoms with van der Waals surface area (Å²) in [6, 6.07) is 0. The lowest BCUT2D eigenvalue weighted by molar-refractivity contribution is -0.148. The van der Waals surface area contributed by atoms with Gasteiger partial charge in [-0.15, -0.1) is 0 Å². The Labute approximate surface area is 102 Å². The maximum atomic E-state index is 10.9. The Morgan fingerprint density at radius 2 is 2.35 bits per heavy atom. The third kappa shape index (κ3) is 7.27. The van der Waals surface area contributed by atoms with E-state index in [1.54, 1.807) is 6.92 Å². The summed E-state index contributed by atoms with van der Waals surface area (Å²) in [5, 5.41) is 3.18. The van der Waals surface area contributed by atoms with Crippen LogP contribution in [0.5, 0.6) is 0 Å². The molecular formula is C11H21NO5. The zero-order valence-electron chi connectivity index (χ0n) is 10.3. The predicted octanol–water partition coefficient (Wildman–Crippen LogP) is -0.429. The summed E-state index contributed by atoms with van der Waals surface area (Å²) in [5.74, 6) is -0.323. The fourth-order valence-electron chi connectivity index (χ4n) is 1.42. The molecular weight excluding hydrogens is 226 g/mol. The number of hydrogen-bond donors (Lipinski definition) is 1. The van der Waals surface area contributed by atoms with Crippen LogP contribution in [0, 0.1) is 0 Å². The van der Waals surface area contributed by atoms with E-state index in [2.05, 4.69) is 5.32 Å². The first-order valence-electron chi connectivity index (χ1n) is 5.96. The first kappa shape index (κ1) is 14.4. The van der Waals surface area contributed by atoms with Crippen molar-refractivity contribution in [1.29, 1.82) is 0 Å². The summed E-state index contributed by atoms with van der Waals surface area (Å²) in [6.07, 6.45) is 0.119. The zero-order chi connectivity index (χ0) is 12.3. The monoisotopic (exact) mass is 247 g/mol. The summed E-state index contributed by atoms with van der Waals surface area (Å²) < 4.78 is 20.6. The van der Waals surface area contributed by atoms with Gasteiger partial charge in [0.1, 0.15) is 6.61 Å². The van der Waals surface area contributed by atoms with Gasteiger partial charge < -0.3 is 24.3 Å². The highest BCUT2D eigenvalue weighted by Gasteiger charge is 2.13. The van der Waals surface area contributed by atoms with Crippen LogP contribution in [0.25, 0.3) is 0 Å². The van der Waals surface area contributed by atoms with Crippen LogP contribution < -0.4 is 5.32 Å². The summed E-state index contributed by atoms with van der Waals surface area (Å²) in [5.41, 5.74) is 0. The van der Waals surface area contributed by atoms with Crippen molar-refractivity contribution in [2.75, 3.05) is 52.7 Å². The third-order valence-corrected chi connectivity index (χ3v) is 2.21. The fraction of sp³-hybridized carbons (Fsp3) is 0.909. The largest absolute Gasteiger partial charge is 0.464 e. The summed E-state index contributed by atoms with van der Waals surface area (Å²) in [7, 11) is 0. The van der Waals surface area contributed by atoms with Crippen molar-refractivity contribution in [3.05, 3.63) is 0 Å². The van der Waals surface area contributed by atoms with Gasteiger partial charge >= 0.3 is 5.97 Å². The van der Waals surface area contributed by atoms with Crippen LogP contribution in [-0.4, -0.2) is 64.8 Å². The van der Waals surface area contributed by atoms with Crippen molar-refractivity contribution in [1.82, 2.24) is 5.32 Å². The number of carbonyl (C=O) groups excluding carboxylic acids is 1. The van der Waals surface area contributed by atoms with Crippen molar-refractivity contribution in [2.24, 2.45) is 0 Å². The normalized spacial score (nSPS) is 20.2. The number of esters is 1. The molecule has 1 fully saturated rings. The second-order valence-corrected chi connectivity index (χ2v) is 3.63. The number of ether oxygens (including phenoxy) is 4. The Hall–Kier alpha value is -0.690. The van der Waals surface area contributed by atoms with Gasteiger partial charge in [0.05, 0.1) is 39.1 Å². The lowest BCUT2D eigenvalue weighted by Gasteiger charge is -2.23. The minimum atomic E-state index is -0.323. The molecule has 17 heavy (non-hydrogen) atoms. The van der Waals surface area contributed by atoms with Gasteiger partial charge in [0.15, 0.2) is 0 Å². The van der Waals surface area contributed by atoms with E-state index in [1.165, 1.54) is 0 Å². The van der Waals surface area contributed by atoms with Crippen molar-refractivity contribution in [3.63, 3.8) is 0 Å². The molecule has 1 N–H and O–H groups in total. The highest BCUT2D eigenvalue weighted by molar-refractivity contribution is 5.70. The zero-order valence-corrected chi connectivity index (χ0v) is 10.3. The molecule has 1 heterocycles. The number of nitrogens with one attached hydrogen (secondary N) is 1. The van der Waals surface area contributed by atoms with Crippen LogP contribution in [0.4, 0.5) is 0 Å². The second kappa shape index (κ2) is 9.35. The number of hydrogen-bond acceptors (Lipinski definition) is 6. The molecule has 0 bridgehead atoms. The number of rotatable bonds is 8. The molecule has 0 radical (unpaired) electrons. The Morgan fingerprint density at radius 3 is 3.06 bits per heavy atom. The molecule has 100 valence electrons. The van der Waals surface area contributed by atoms with Crippen LogP contribution in [0.1, 0.15) is 6.92 Å². The van der Waals surface area contributed by atoms with E-state index in [0.717, 1.165) is 6.54 Å². The van der Waals surface area contributed by atoms with Crippen molar-refractivity contribution < 1.29 is 23.7 Å². The van der Waals surface area contributed by atoms with Crippen LogP contribution in [0.3, 0.4) is 0 Å². The summed E-state index contributed by atoms with van der Waals surface area (Å²) in [4.78, 5) is 10.9. The van der Waals surface area contributed by atoms with E-state index in [-0.39, 0.29) is 18.7 Å². The lowest BCUT2D eigenvalue weighted by Crippen LogP contribution is -2.38. The molecule has 1 aliphatic rings. The molecule has 6 nitrogen and oxygen atoms in total. The van der Waals surface area contributed by atoms with Gasteiger partial charge in [-0.05, 0) is 6.92 Å². The van der Waals surface area contributed by atoms with Crippen molar-refractivity contribution in [2.45, 2.75) is 13.0 Å². The standard InChI is InChI=1S/C11H21NO5/c1-2-16-11(13)9-14-4-3-12-7-10-8-15-5-6-17-10/h10,12H,2-9H2,1H3. The first-order chi connectivity index (χ1) is 8.33. The highest BCUT2D eigenvalue weighted by atomic mass is 16.6. The molecule has 0 aromatic carbocycles. The van der Waals surface area contributed by atoms with Crippen LogP contribution in [-0.2, 0) is 23.7 Å². The minimum absolute atomic E-state index is 0.0125. The molecule has 6 heteroatoms. The van der Waals surface area contributed by atoms with Gasteiger partial charge in [0, 0.05) is 13.1 Å². The Bertz CT molecular complexity index is 206. The average Bonchev–Trinajstić information content (AvgIpc) is 2.35. The van der Waals surface area contributed by atoms with E-state index in [9.17, 15) is 4.79 Å². The van der Waals surface area contributed by atoms with Gasteiger partial charge in [0.25, 0.3) is 0 Å². The highest BCUT2D eigenvalue weighted by Crippen LogP contribution is 1.98. The van der Waals surface area contributed by atoms with Crippen molar-refractivity contribution >= 4 is 5.97 Å². The molecule has 0 aromatic heterocycles. The minimum Gasteiger partial charge on any atom is -0.464 e. The van der Waals surface area contributed by atoms with Crippen LogP contribution in [0.15, 0.2) is 0 Å². The quantitative estimate of drug-likeness (QED) is 0.464. The molecule has 0 aromatic rings. The maximum Gasteiger partial charge on any atom is 0.332 e. The van der Waals surface area contributed by atoms with E-state index >= 15 is 0 Å². The van der Waals surface area contributed by atoms with Gasteiger partial charge in [-0.1, -0.05) is 0 Å². The molecule has 1 unspecified atom stereocenters. The Balaban J connectivity index is 1.85. The predicted molar refractivity (Wildman–Crippen MR) is 60.9 cm³/mol. The third-order valence-electron chi connectivity index (χ3n) is 2.21. The van der Waals surface area contributed by atoms with Gasteiger partial charge in [-0.2, -0.15) is 0 Å². The van der Waals surface area contributed by atoms with E-state index in [0.29, 0.717) is 39.6 Å². The molecule has 1 rings (SSSR count). The first-order valence-corrected chi connectivity index (χ1v) is 5.96. The summed E-state index contributed by atoms with van der Waals surface area (Å²) in [6.45, 7) is 6.04. The maximum absolute atomic E-state index is 10.9. The summed E-state index contributed by atoms with van der Waals surface area (Å²) >= 11 is 0. The molecule has 0 spiro atoms. The molecule has 0 amide bonds.